The van der Waals surface area contributed by atoms with Crippen molar-refractivity contribution in [1.29, 1.82) is 0 Å². The molecule has 96 valence electrons. The lowest BCUT2D eigenvalue weighted by molar-refractivity contribution is -0.139. The topological polar surface area (TPSA) is 25.4 Å². The van der Waals surface area contributed by atoms with Gasteiger partial charge in [-0.05, 0) is 62.8 Å². The summed E-state index contributed by atoms with van der Waals surface area (Å²) in [7, 11) is 3.77. The lowest BCUT2D eigenvalue weighted by Crippen LogP contribution is -2.52. The summed E-state index contributed by atoms with van der Waals surface area (Å²) in [6.45, 7) is 8.38. The Morgan fingerprint density at radius 2 is 1.82 bits per heavy atom. The highest BCUT2D eigenvalue weighted by Gasteiger charge is 2.37. The third kappa shape index (κ3) is 3.06. The number of hydrogen-bond acceptors (Lipinski definition) is 3. The Bertz CT molecular complexity index is 391. The molecule has 17 heavy (non-hydrogen) atoms. The molecule has 0 N–H and O–H groups in total. The highest BCUT2D eigenvalue weighted by atomic mass is 79.9. The Morgan fingerprint density at radius 1 is 1.24 bits per heavy atom. The summed E-state index contributed by atoms with van der Waals surface area (Å²) in [5, 5.41) is 0. The Balaban J connectivity index is 3.10. The van der Waals surface area contributed by atoms with Gasteiger partial charge >= 0.3 is 0 Å². The Morgan fingerprint density at radius 3 is 2.29 bits per heavy atom. The molecule has 1 rings (SSSR count). The first-order chi connectivity index (χ1) is 7.71. The number of ether oxygens (including phenoxy) is 1. The fourth-order valence-electron chi connectivity index (χ4n) is 1.73. The van der Waals surface area contributed by atoms with Gasteiger partial charge in [-0.25, -0.2) is 4.98 Å². The lowest BCUT2D eigenvalue weighted by atomic mass is 9.95. The zero-order valence-corrected chi connectivity index (χ0v) is 13.0. The number of hydrogen-bond donors (Lipinski definition) is 0. The molecular formula is C13H21BrN2O. The van der Waals surface area contributed by atoms with Crippen LogP contribution in [0, 0.1) is 0 Å². The van der Waals surface area contributed by atoms with Crippen LogP contribution in [0.3, 0.4) is 0 Å². The van der Waals surface area contributed by atoms with Gasteiger partial charge in [0.05, 0.1) is 11.2 Å². The second-order valence-electron chi connectivity index (χ2n) is 5.11. The van der Waals surface area contributed by atoms with Crippen molar-refractivity contribution in [2.24, 2.45) is 0 Å². The van der Waals surface area contributed by atoms with Crippen molar-refractivity contribution in [2.45, 2.75) is 39.0 Å². The third-order valence-corrected chi connectivity index (χ3v) is 3.93. The van der Waals surface area contributed by atoms with E-state index in [4.69, 9.17) is 4.74 Å². The van der Waals surface area contributed by atoms with Crippen LogP contribution in [0.5, 0.6) is 0 Å². The lowest BCUT2D eigenvalue weighted by Gasteiger charge is -2.44. The molecule has 1 heterocycles. The molecule has 4 heteroatoms. The first-order valence-corrected chi connectivity index (χ1v) is 6.43. The van der Waals surface area contributed by atoms with Gasteiger partial charge < -0.3 is 4.74 Å². The first kappa shape index (κ1) is 14.6. The van der Waals surface area contributed by atoms with E-state index in [0.717, 1.165) is 10.3 Å². The van der Waals surface area contributed by atoms with Gasteiger partial charge in [0, 0.05) is 7.11 Å². The molecule has 1 aromatic rings. The van der Waals surface area contributed by atoms with E-state index in [-0.39, 0.29) is 11.3 Å². The van der Waals surface area contributed by atoms with Crippen LogP contribution < -0.4 is 0 Å². The van der Waals surface area contributed by atoms with Crippen LogP contribution >= 0.6 is 15.9 Å². The largest absolute Gasteiger partial charge is 0.364 e. The fraction of sp³-hybridized carbons (Fsp3) is 0.615. The molecule has 1 aromatic heterocycles. The van der Waals surface area contributed by atoms with E-state index in [9.17, 15) is 0 Å². The smallest absolute Gasteiger partial charge is 0.116 e. The van der Waals surface area contributed by atoms with Crippen LogP contribution in [0.2, 0.25) is 0 Å². The molecule has 0 bridgehead atoms. The maximum absolute atomic E-state index is 5.52. The quantitative estimate of drug-likeness (QED) is 0.629. The van der Waals surface area contributed by atoms with Gasteiger partial charge in [0.25, 0.3) is 0 Å². The third-order valence-electron chi connectivity index (χ3n) is 3.49. The van der Waals surface area contributed by atoms with E-state index in [1.807, 2.05) is 39.1 Å². The number of pyridine rings is 1. The number of nitrogens with zero attached hydrogens (tertiary/aromatic N) is 2. The van der Waals surface area contributed by atoms with E-state index in [2.05, 4.69) is 39.7 Å². The molecule has 0 atom stereocenters. The molecule has 0 aliphatic carbocycles. The standard InChI is InChI=1S/C13H21BrN2O/c1-12(2,16(5)13(3,4)17-6)10-8-7-9-11(14)15-10/h7-9H,1-6H3. The molecule has 0 fully saturated rings. The molecule has 0 spiro atoms. The van der Waals surface area contributed by atoms with E-state index in [1.54, 1.807) is 7.11 Å². The molecule has 0 saturated heterocycles. The molecule has 0 aromatic carbocycles. The van der Waals surface area contributed by atoms with Crippen LogP contribution in [0.25, 0.3) is 0 Å². The Labute approximate surface area is 112 Å². The summed E-state index contributed by atoms with van der Waals surface area (Å²) < 4.78 is 6.38. The average molecular weight is 301 g/mol. The predicted molar refractivity (Wildman–Crippen MR) is 73.8 cm³/mol. The van der Waals surface area contributed by atoms with Crippen molar-refractivity contribution < 1.29 is 4.74 Å². The highest BCUT2D eigenvalue weighted by Crippen LogP contribution is 2.31. The fourth-order valence-corrected chi connectivity index (χ4v) is 2.07. The minimum Gasteiger partial charge on any atom is -0.364 e. The molecule has 0 saturated carbocycles. The number of aromatic nitrogens is 1. The molecule has 3 nitrogen and oxygen atoms in total. The summed E-state index contributed by atoms with van der Waals surface area (Å²) >= 11 is 3.41. The van der Waals surface area contributed by atoms with E-state index in [0.29, 0.717) is 0 Å². The average Bonchev–Trinajstić information content (AvgIpc) is 2.28. The Hall–Kier alpha value is -0.450. The zero-order chi connectivity index (χ0) is 13.3. The monoisotopic (exact) mass is 300 g/mol. The number of rotatable bonds is 4. The normalized spacial score (nSPS) is 13.2. The summed E-state index contributed by atoms with van der Waals surface area (Å²) in [6.07, 6.45) is 0. The molecular weight excluding hydrogens is 280 g/mol. The van der Waals surface area contributed by atoms with Crippen LogP contribution in [0.15, 0.2) is 22.8 Å². The van der Waals surface area contributed by atoms with Crippen LogP contribution in [0.1, 0.15) is 33.4 Å². The van der Waals surface area contributed by atoms with Gasteiger partial charge in [-0.1, -0.05) is 6.07 Å². The molecule has 0 amide bonds. The molecule has 0 aliphatic heterocycles. The van der Waals surface area contributed by atoms with Crippen molar-refractivity contribution in [2.75, 3.05) is 14.2 Å². The van der Waals surface area contributed by atoms with E-state index >= 15 is 0 Å². The summed E-state index contributed by atoms with van der Waals surface area (Å²) in [5.74, 6) is 0. The summed E-state index contributed by atoms with van der Waals surface area (Å²) in [4.78, 5) is 6.71. The van der Waals surface area contributed by atoms with Crippen LogP contribution in [0.4, 0.5) is 0 Å². The van der Waals surface area contributed by atoms with E-state index in [1.165, 1.54) is 0 Å². The second-order valence-corrected chi connectivity index (χ2v) is 5.93. The highest BCUT2D eigenvalue weighted by molar-refractivity contribution is 9.10. The van der Waals surface area contributed by atoms with Crippen LogP contribution in [-0.2, 0) is 10.3 Å². The second kappa shape index (κ2) is 5.04. The van der Waals surface area contributed by atoms with E-state index < -0.39 is 0 Å². The van der Waals surface area contributed by atoms with Crippen molar-refractivity contribution in [3.63, 3.8) is 0 Å². The van der Waals surface area contributed by atoms with Gasteiger partial charge in [-0.2, -0.15) is 0 Å². The molecule has 0 radical (unpaired) electrons. The summed E-state index contributed by atoms with van der Waals surface area (Å²) in [6, 6.07) is 5.97. The number of halogens is 1. The zero-order valence-electron chi connectivity index (χ0n) is 11.4. The van der Waals surface area contributed by atoms with Gasteiger partial charge in [0.2, 0.25) is 0 Å². The maximum Gasteiger partial charge on any atom is 0.116 e. The summed E-state index contributed by atoms with van der Waals surface area (Å²) in [5.41, 5.74) is 0.469. The van der Waals surface area contributed by atoms with Crippen molar-refractivity contribution in [3.05, 3.63) is 28.5 Å². The van der Waals surface area contributed by atoms with Gasteiger partial charge in [-0.3, -0.25) is 4.90 Å². The van der Waals surface area contributed by atoms with Gasteiger partial charge in [0.1, 0.15) is 10.3 Å². The number of methoxy groups -OCH3 is 1. The van der Waals surface area contributed by atoms with Gasteiger partial charge in [-0.15, -0.1) is 0 Å². The minimum atomic E-state index is -0.340. The first-order valence-electron chi connectivity index (χ1n) is 5.64. The van der Waals surface area contributed by atoms with Crippen LogP contribution in [-0.4, -0.2) is 29.8 Å². The Kier molecular flexibility index (Phi) is 4.33. The molecule has 0 unspecified atom stereocenters. The SMILES string of the molecule is COC(C)(C)N(C)C(C)(C)c1cccc(Br)n1. The minimum absolute atomic E-state index is 0.205. The van der Waals surface area contributed by atoms with Crippen molar-refractivity contribution in [3.8, 4) is 0 Å². The van der Waals surface area contributed by atoms with Crippen molar-refractivity contribution in [1.82, 2.24) is 9.88 Å². The molecule has 0 aliphatic rings. The maximum atomic E-state index is 5.52. The van der Waals surface area contributed by atoms with Gasteiger partial charge in [0.15, 0.2) is 0 Å². The van der Waals surface area contributed by atoms with Crippen molar-refractivity contribution >= 4 is 15.9 Å². The predicted octanol–water partition coefficient (Wildman–Crippen LogP) is 3.39.